The lowest BCUT2D eigenvalue weighted by Gasteiger charge is -2.26. The molecule has 0 radical (unpaired) electrons. The molecule has 0 saturated heterocycles. The SMILES string of the molecule is CCOS(=O)(=O)C[P+](c1ccccc1)(c1ccccc1)c1ccccc1.[Cl-]. The molecule has 0 aromatic heterocycles. The highest BCUT2D eigenvalue weighted by Gasteiger charge is 2.49. The highest BCUT2D eigenvalue weighted by molar-refractivity contribution is 8.07. The van der Waals surface area contributed by atoms with Crippen molar-refractivity contribution in [2.75, 3.05) is 12.1 Å². The second kappa shape index (κ2) is 9.48. The van der Waals surface area contributed by atoms with Crippen LogP contribution >= 0.6 is 7.26 Å². The van der Waals surface area contributed by atoms with Crippen molar-refractivity contribution >= 4 is 33.3 Å². The second-order valence-electron chi connectivity index (χ2n) is 5.91. The van der Waals surface area contributed by atoms with Crippen molar-refractivity contribution in [3.63, 3.8) is 0 Å². The van der Waals surface area contributed by atoms with Crippen LogP contribution in [0.4, 0.5) is 0 Å². The lowest BCUT2D eigenvalue weighted by molar-refractivity contribution is -0.00000907. The fraction of sp³-hybridized carbons (Fsp3) is 0.143. The molecule has 0 heterocycles. The molecule has 3 aromatic rings. The van der Waals surface area contributed by atoms with Crippen molar-refractivity contribution in [3.8, 4) is 0 Å². The van der Waals surface area contributed by atoms with Gasteiger partial charge < -0.3 is 12.4 Å². The van der Waals surface area contributed by atoms with E-state index in [1.807, 2.05) is 91.0 Å². The van der Waals surface area contributed by atoms with Crippen LogP contribution in [0.1, 0.15) is 6.92 Å². The minimum absolute atomic E-state index is 0. The number of benzene rings is 3. The van der Waals surface area contributed by atoms with E-state index in [-0.39, 0.29) is 24.5 Å². The molecular formula is C21H22ClO3PS. The monoisotopic (exact) mass is 420 g/mol. The van der Waals surface area contributed by atoms with E-state index in [4.69, 9.17) is 4.18 Å². The molecule has 3 aromatic carbocycles. The summed E-state index contributed by atoms with van der Waals surface area (Å²) < 4.78 is 30.7. The van der Waals surface area contributed by atoms with Crippen molar-refractivity contribution < 1.29 is 25.0 Å². The molecule has 0 aliphatic heterocycles. The fourth-order valence-corrected chi connectivity index (χ4v) is 10.5. The third-order valence-corrected chi connectivity index (χ3v) is 11.2. The minimum Gasteiger partial charge on any atom is -1.00 e. The standard InChI is InChI=1S/C21H22O3PS.ClH/c1-2-24-26(22,23)18-25(19-12-6-3-7-13-19,20-14-8-4-9-15-20)21-16-10-5-11-17-21;/h3-17H,2,18H2,1H3;1H/q+1;/p-1. The zero-order chi connectivity index (χ0) is 18.5. The summed E-state index contributed by atoms with van der Waals surface area (Å²) in [5.74, 6) is 0. The minimum atomic E-state index is -3.68. The Morgan fingerprint density at radius 3 is 1.33 bits per heavy atom. The van der Waals surface area contributed by atoms with Gasteiger partial charge in [0.1, 0.15) is 23.2 Å². The smallest absolute Gasteiger partial charge is 0.303 e. The van der Waals surface area contributed by atoms with Crippen molar-refractivity contribution in [2.45, 2.75) is 6.92 Å². The Bertz CT molecular complexity index is 836. The van der Waals surface area contributed by atoms with Crippen molar-refractivity contribution in [3.05, 3.63) is 91.0 Å². The molecule has 0 unspecified atom stereocenters. The fourth-order valence-electron chi connectivity index (χ4n) is 3.17. The van der Waals surface area contributed by atoms with Crippen LogP contribution in [0, 0.1) is 0 Å². The molecule has 0 aliphatic carbocycles. The Morgan fingerprint density at radius 2 is 1.04 bits per heavy atom. The average molecular weight is 421 g/mol. The Balaban J connectivity index is 0.00000261. The third kappa shape index (κ3) is 4.77. The van der Waals surface area contributed by atoms with Gasteiger partial charge in [-0.05, 0) is 43.3 Å². The molecule has 0 aliphatic rings. The summed E-state index contributed by atoms with van der Waals surface area (Å²) in [7, 11) is -6.10. The summed E-state index contributed by atoms with van der Waals surface area (Å²) in [5, 5.41) is 3.09. The van der Waals surface area contributed by atoms with Crippen LogP contribution in [0.5, 0.6) is 0 Å². The van der Waals surface area contributed by atoms with E-state index in [2.05, 4.69) is 0 Å². The van der Waals surface area contributed by atoms with E-state index in [0.29, 0.717) is 0 Å². The molecule has 0 fully saturated rings. The molecule has 0 bridgehead atoms. The van der Waals surface area contributed by atoms with E-state index >= 15 is 0 Å². The van der Waals surface area contributed by atoms with Gasteiger partial charge >= 0.3 is 10.1 Å². The van der Waals surface area contributed by atoms with Crippen LogP contribution in [0.15, 0.2) is 91.0 Å². The number of hydrogen-bond donors (Lipinski definition) is 0. The van der Waals surface area contributed by atoms with Gasteiger partial charge in [-0.2, -0.15) is 8.42 Å². The van der Waals surface area contributed by atoms with Crippen LogP contribution in [-0.2, 0) is 14.3 Å². The van der Waals surface area contributed by atoms with E-state index in [0.717, 1.165) is 15.9 Å². The molecule has 0 spiro atoms. The van der Waals surface area contributed by atoms with Crippen LogP contribution in [-0.4, -0.2) is 20.5 Å². The van der Waals surface area contributed by atoms with Crippen LogP contribution < -0.4 is 28.3 Å². The van der Waals surface area contributed by atoms with Gasteiger partial charge in [-0.15, -0.1) is 0 Å². The van der Waals surface area contributed by atoms with Crippen molar-refractivity contribution in [2.24, 2.45) is 0 Å². The van der Waals surface area contributed by atoms with Gasteiger partial charge in [-0.25, -0.2) is 0 Å². The maximum absolute atomic E-state index is 12.8. The maximum atomic E-state index is 12.8. The first-order valence-corrected chi connectivity index (χ1v) is 12.1. The Kier molecular flexibility index (Phi) is 7.58. The molecule has 142 valence electrons. The van der Waals surface area contributed by atoms with Gasteiger partial charge in [0, 0.05) is 0 Å². The highest BCUT2D eigenvalue weighted by Crippen LogP contribution is 2.56. The van der Waals surface area contributed by atoms with Crippen LogP contribution in [0.3, 0.4) is 0 Å². The quantitative estimate of drug-likeness (QED) is 0.408. The zero-order valence-electron chi connectivity index (χ0n) is 15.0. The van der Waals surface area contributed by atoms with E-state index in [1.165, 1.54) is 0 Å². The summed E-state index contributed by atoms with van der Waals surface area (Å²) in [5.41, 5.74) is -0.0497. The number of rotatable bonds is 7. The van der Waals surface area contributed by atoms with Crippen LogP contribution in [0.2, 0.25) is 0 Å². The van der Waals surface area contributed by atoms with Gasteiger partial charge in [-0.1, -0.05) is 54.6 Å². The maximum Gasteiger partial charge on any atom is 0.303 e. The average Bonchev–Trinajstić information content (AvgIpc) is 2.68. The number of hydrogen-bond acceptors (Lipinski definition) is 3. The molecule has 0 saturated carbocycles. The first-order chi connectivity index (χ1) is 12.6. The van der Waals surface area contributed by atoms with Crippen molar-refractivity contribution in [1.29, 1.82) is 0 Å². The summed E-state index contributed by atoms with van der Waals surface area (Å²) in [6.07, 6.45) is 0. The normalized spacial score (nSPS) is 11.6. The first kappa shape index (κ1) is 21.6. The molecule has 3 rings (SSSR count). The van der Waals surface area contributed by atoms with Gasteiger partial charge in [0.05, 0.1) is 6.61 Å². The first-order valence-electron chi connectivity index (χ1n) is 8.50. The predicted molar refractivity (Wildman–Crippen MR) is 111 cm³/mol. The molecular weight excluding hydrogens is 399 g/mol. The predicted octanol–water partition coefficient (Wildman–Crippen LogP) is 0.308. The summed E-state index contributed by atoms with van der Waals surface area (Å²) in [6, 6.07) is 29.8. The second-order valence-corrected chi connectivity index (χ2v) is 11.5. The Hall–Kier alpha value is -1.71. The van der Waals surface area contributed by atoms with Crippen molar-refractivity contribution in [1.82, 2.24) is 0 Å². The summed E-state index contributed by atoms with van der Waals surface area (Å²) >= 11 is 0. The molecule has 0 amide bonds. The largest absolute Gasteiger partial charge is 1.00 e. The topological polar surface area (TPSA) is 43.4 Å². The Morgan fingerprint density at radius 1 is 0.704 bits per heavy atom. The summed E-state index contributed by atoms with van der Waals surface area (Å²) in [6.45, 7) is 1.84. The summed E-state index contributed by atoms with van der Waals surface area (Å²) in [4.78, 5) is 0. The highest BCUT2D eigenvalue weighted by atomic mass is 35.5. The third-order valence-electron chi connectivity index (χ3n) is 4.24. The zero-order valence-corrected chi connectivity index (χ0v) is 17.5. The van der Waals surface area contributed by atoms with E-state index < -0.39 is 17.4 Å². The molecule has 3 nitrogen and oxygen atoms in total. The van der Waals surface area contributed by atoms with Crippen LogP contribution in [0.25, 0.3) is 0 Å². The van der Waals surface area contributed by atoms with Gasteiger partial charge in [-0.3, -0.25) is 4.18 Å². The van der Waals surface area contributed by atoms with E-state index in [1.54, 1.807) is 6.92 Å². The van der Waals surface area contributed by atoms with Gasteiger partial charge in [0.15, 0.2) is 5.49 Å². The van der Waals surface area contributed by atoms with Gasteiger partial charge in [0.25, 0.3) is 0 Å². The molecule has 0 N–H and O–H groups in total. The number of halogens is 1. The lowest BCUT2D eigenvalue weighted by Crippen LogP contribution is -3.00. The Labute approximate surface area is 168 Å². The van der Waals surface area contributed by atoms with Gasteiger partial charge in [0.2, 0.25) is 0 Å². The lowest BCUT2D eigenvalue weighted by atomic mass is 10.4. The molecule has 0 atom stereocenters. The molecule has 6 heteroatoms. The van der Waals surface area contributed by atoms with E-state index in [9.17, 15) is 8.42 Å². The molecule has 27 heavy (non-hydrogen) atoms.